The number of carbonyl (C=O) groups is 1. The molecular formula is C115H189F3N4O15. The van der Waals surface area contributed by atoms with Gasteiger partial charge in [-0.1, -0.05) is 155 Å². The molecule has 2 N–H and O–H groups in total. The molecular weight excluding hydrogens is 1730 g/mol. The Morgan fingerprint density at radius 1 is 0.358 bits per heavy atom. The van der Waals surface area contributed by atoms with E-state index in [0.29, 0.717) is 139 Å². The predicted molar refractivity (Wildman–Crippen MR) is 531 cm³/mol. The molecule has 24 atom stereocenters. The highest BCUT2D eigenvalue weighted by Gasteiger charge is 2.66. The third kappa shape index (κ3) is 23.5. The Morgan fingerprint density at radius 2 is 0.606 bits per heavy atom. The Kier molecular flexibility index (Phi) is 35.3. The molecule has 8 heterocycles. The lowest BCUT2D eigenvalue weighted by atomic mass is 9.46. The number of aliphatic hydroxyl groups is 1. The lowest BCUT2D eigenvalue weighted by Crippen LogP contribution is -2.62. The second-order valence-electron chi connectivity index (χ2n) is 50.7. The maximum Gasteiger partial charge on any atom is 0.401 e. The average Bonchev–Trinajstić information content (AvgIpc) is 1.49. The third-order valence-electron chi connectivity index (χ3n) is 42.3. The number of likely N-dealkylation sites (tertiary alicyclic amines) is 4. The minimum absolute atomic E-state index is 0.0137. The molecule has 8 aliphatic heterocycles. The highest BCUT2D eigenvalue weighted by Crippen LogP contribution is 2.69. The van der Waals surface area contributed by atoms with E-state index < -0.39 is 18.7 Å². The molecule has 0 aromatic rings. The number of piperidine rings is 4. The van der Waals surface area contributed by atoms with E-state index in [2.05, 4.69) is 98.6 Å². The predicted octanol–water partition coefficient (Wildman–Crippen LogP) is 23.0. The number of aliphatic carboxylic acids is 1. The summed E-state index contributed by atoms with van der Waals surface area (Å²) in [5, 5.41) is 18.2. The highest BCUT2D eigenvalue weighted by molar-refractivity contribution is 5.69. The molecule has 0 bridgehead atoms. The van der Waals surface area contributed by atoms with Gasteiger partial charge in [-0.25, -0.2) is 0 Å². The smallest absolute Gasteiger partial charge is 0.401 e. The van der Waals surface area contributed by atoms with Gasteiger partial charge >= 0.3 is 12.1 Å². The van der Waals surface area contributed by atoms with Crippen LogP contribution in [0.3, 0.4) is 0 Å². The first kappa shape index (κ1) is 106. The summed E-state index contributed by atoms with van der Waals surface area (Å²) in [6.45, 7) is 52.0. The summed E-state index contributed by atoms with van der Waals surface area (Å²) >= 11 is 0. The van der Waals surface area contributed by atoms with Crippen LogP contribution >= 0.6 is 0 Å². The van der Waals surface area contributed by atoms with E-state index in [9.17, 15) is 18.0 Å². The van der Waals surface area contributed by atoms with E-state index in [0.717, 1.165) is 188 Å². The van der Waals surface area contributed by atoms with Crippen LogP contribution in [-0.4, -0.2) is 254 Å². The van der Waals surface area contributed by atoms with Gasteiger partial charge in [0, 0.05) is 131 Å². The molecule has 0 aromatic heterocycles. The van der Waals surface area contributed by atoms with Gasteiger partial charge in [-0.15, -0.1) is 0 Å². The summed E-state index contributed by atoms with van der Waals surface area (Å²) in [6.07, 6.45) is 49.7. The van der Waals surface area contributed by atoms with E-state index in [4.69, 9.17) is 67.1 Å². The zero-order valence-corrected chi connectivity index (χ0v) is 87.1. The van der Waals surface area contributed by atoms with Crippen LogP contribution in [0.2, 0.25) is 0 Å². The Morgan fingerprint density at radius 3 is 0.854 bits per heavy atom. The van der Waals surface area contributed by atoms with Crippen molar-refractivity contribution in [1.29, 1.82) is 0 Å². The van der Waals surface area contributed by atoms with Crippen LogP contribution in [0.15, 0.2) is 48.6 Å². The van der Waals surface area contributed by atoms with Crippen LogP contribution < -0.4 is 0 Å². The maximum absolute atomic E-state index is 12.7. The van der Waals surface area contributed by atoms with Crippen molar-refractivity contribution in [3.05, 3.63) is 48.6 Å². The molecule has 0 spiro atoms. The van der Waals surface area contributed by atoms with Crippen molar-refractivity contribution >= 4 is 5.97 Å². The first-order chi connectivity index (χ1) is 65.7. The number of nitrogens with zero attached hydrogens (tertiary/aromatic N) is 4. The van der Waals surface area contributed by atoms with Gasteiger partial charge in [0.05, 0.1) is 95.0 Å². The number of aliphatic hydroxyl groups excluding tert-OH is 1. The van der Waals surface area contributed by atoms with Crippen LogP contribution in [0.5, 0.6) is 0 Å². The fourth-order valence-electron chi connectivity index (χ4n) is 34.4. The Hall–Kier alpha value is -2.46. The molecule has 20 aliphatic rings. The Balaban J connectivity index is 0.000000127. The lowest BCUT2D eigenvalue weighted by molar-refractivity contribution is -0.316. The topological polar surface area (TPSA) is 181 Å². The van der Waals surface area contributed by atoms with Gasteiger partial charge in [0.2, 0.25) is 0 Å². The molecule has 0 amide bonds. The monoisotopic (exact) mass is 1920 g/mol. The molecule has 22 heteroatoms. The number of β-amino-alcohol motifs (C(OH)–C–C–N with tert-alkyl or cyclic N) is 1. The van der Waals surface area contributed by atoms with Crippen molar-refractivity contribution in [3.8, 4) is 0 Å². The molecule has 12 aliphatic carbocycles. The summed E-state index contributed by atoms with van der Waals surface area (Å²) < 4.78 is 116. The number of hydrogen-bond donors (Lipinski definition) is 2. The largest absolute Gasteiger partial charge is 0.480 e. The number of ether oxygens (including phenoxy) is 12. The lowest BCUT2D eigenvalue weighted by Gasteiger charge is -2.63. The fourth-order valence-corrected chi connectivity index (χ4v) is 34.4. The van der Waals surface area contributed by atoms with Crippen LogP contribution in [0.4, 0.5) is 13.2 Å². The summed E-state index contributed by atoms with van der Waals surface area (Å²) in [4.78, 5) is 19.2. The number of carboxylic acids is 1. The highest BCUT2D eigenvalue weighted by atomic mass is 19.4. The summed E-state index contributed by atoms with van der Waals surface area (Å²) in [5.41, 5.74) is 6.99. The first-order valence-electron chi connectivity index (χ1n) is 56.7. The summed E-state index contributed by atoms with van der Waals surface area (Å²) in [5.74, 6) is 6.07. The molecule has 0 aromatic carbocycles. The van der Waals surface area contributed by atoms with E-state index in [1.165, 1.54) is 201 Å². The molecule has 8 saturated heterocycles. The number of carboxylic acid groups (broad SMARTS) is 1. The minimum atomic E-state index is -4.12. The number of rotatable bonds is 25. The van der Waals surface area contributed by atoms with Gasteiger partial charge in [-0.3, -0.25) is 14.6 Å². The standard InChI is InChI=1S/C29H46F3NO3.C29H47NO5.C29H49NO4.C28H47NO3/c1-20-8-9-24-27(2,14-10-25-28(24,3)19-35-26(36-25)21-6-4-5-7-21)23(20)13-17-34-22-11-15-33(16-12-22)18-29(30,31)32;1-20-8-9-24-28(2,23(20)13-17-33-22-11-15-30(16-12-22)18-26(31)32)14-10-25-29(24,3)19-34-27(35-25)21-6-4-5-7-21;1-21-8-9-25-28(2,24(21)13-19-32-23-11-15-30(16-12-23)17-18-31)14-10-26-29(25,3)20-33-27(34-26)22-6-4-5-7-22;1-20-9-10-24-27(2,23(20)14-18-30-22-12-16-29(4)17-13-22)15-11-25-28(24,3)19-31-26(32-25)21-7-5-6-8-21/h21-26H,1,4-19H2,2-3H3;21-25,27H,1,4-19H2,2-3H3,(H,31,32);22-27,31H,1,4-20H2,2-3H3;21-26H,1,5-19H2,2-4H3/t23-,24?,25-,26-,27+,28+;23-,24?,25-,27-,28+,29+;24-,25?,26-,27-,28+,29+;23-,24?,25-,26-,27+,28+/m1111/s1. The molecule has 4 unspecified atom stereocenters. The second-order valence-corrected chi connectivity index (χ2v) is 50.7. The fraction of sp³-hybridized carbons (Fsp3) is 0.922. The van der Waals surface area contributed by atoms with E-state index >= 15 is 0 Å². The molecule has 20 rings (SSSR count). The van der Waals surface area contributed by atoms with Gasteiger partial charge in [0.15, 0.2) is 25.2 Å². The van der Waals surface area contributed by atoms with Crippen molar-refractivity contribution < 1.29 is 85.0 Å². The van der Waals surface area contributed by atoms with Crippen LogP contribution in [0.25, 0.3) is 0 Å². The number of hydrogen-bond acceptors (Lipinski definition) is 18. The molecule has 12 saturated carbocycles. The number of alkyl halides is 3. The number of fused-ring (bicyclic) bond motifs is 12. The zero-order valence-electron chi connectivity index (χ0n) is 87.1. The van der Waals surface area contributed by atoms with Crippen LogP contribution in [-0.2, 0) is 61.6 Å². The average molecular weight is 1920 g/mol. The minimum Gasteiger partial charge on any atom is -0.480 e. The quantitative estimate of drug-likeness (QED) is 0.0823. The molecule has 19 nitrogen and oxygen atoms in total. The van der Waals surface area contributed by atoms with Crippen molar-refractivity contribution in [2.45, 2.75) is 418 Å². The van der Waals surface area contributed by atoms with Crippen molar-refractivity contribution in [2.75, 3.05) is 139 Å². The van der Waals surface area contributed by atoms with Gasteiger partial charge in [-0.2, -0.15) is 13.2 Å². The third-order valence-corrected chi connectivity index (χ3v) is 42.3. The van der Waals surface area contributed by atoms with E-state index in [1.54, 1.807) is 0 Å². The van der Waals surface area contributed by atoms with Crippen LogP contribution in [0, 0.1) is 114 Å². The maximum atomic E-state index is 12.7. The second kappa shape index (κ2) is 45.7. The SMILES string of the molecule is C=C1CCC2[C@]3(C)CO[C@@H](C4CCCC4)O[C@@H]3CC[C@@]2(C)[C@@H]1CCOC1CCN(C)CC1.C=C1CCC2[C@]3(C)CO[C@@H](C4CCCC4)O[C@@H]3CC[C@@]2(C)[C@@H]1CCOC1CCN(CC(=O)O)CC1.C=C1CCC2[C@]3(C)CO[C@@H](C4CCCC4)O[C@@H]3CC[C@@]2(C)[C@@H]1CCOC1CCN(CC(F)(F)F)CC1.C=C1CCC2[C@]3(C)CO[C@@H](C4CCCC4)O[C@@H]3CC[C@@]2(C)[C@@H]1CCOC1CCN(CCO)CC1. The van der Waals surface area contributed by atoms with Crippen molar-refractivity contribution in [2.24, 2.45) is 114 Å². The van der Waals surface area contributed by atoms with E-state index in [1.807, 2.05) is 4.90 Å². The number of halogens is 3. The van der Waals surface area contributed by atoms with Gasteiger partial charge < -0.3 is 76.9 Å². The summed E-state index contributed by atoms with van der Waals surface area (Å²) in [7, 11) is 2.22. The molecule has 0 radical (unpaired) electrons. The van der Waals surface area contributed by atoms with Gasteiger partial charge in [-0.05, 0) is 307 Å². The normalized spacial score (nSPS) is 42.4. The first-order valence-corrected chi connectivity index (χ1v) is 56.7. The van der Waals surface area contributed by atoms with Gasteiger partial charge in [0.1, 0.15) is 0 Å². The van der Waals surface area contributed by atoms with E-state index in [-0.39, 0.29) is 94.5 Å². The van der Waals surface area contributed by atoms with Crippen molar-refractivity contribution in [1.82, 2.24) is 19.6 Å². The number of allylic oxidation sites excluding steroid dienone is 4. The Labute approximate surface area is 825 Å². The van der Waals surface area contributed by atoms with Gasteiger partial charge in [0.25, 0.3) is 0 Å². The molecule has 780 valence electrons. The molecule has 20 fully saturated rings. The van der Waals surface area contributed by atoms with Crippen molar-refractivity contribution in [3.63, 3.8) is 0 Å². The zero-order chi connectivity index (χ0) is 96.3. The molecule has 137 heavy (non-hydrogen) atoms. The Bertz CT molecular complexity index is 3900. The summed E-state index contributed by atoms with van der Waals surface area (Å²) in [6, 6.07) is 0. The van der Waals surface area contributed by atoms with Crippen LogP contribution in [0.1, 0.15) is 338 Å².